The molecule has 3 aromatic rings. The Hall–Kier alpha value is -2.89. The zero-order valence-electron chi connectivity index (χ0n) is 12.7. The van der Waals surface area contributed by atoms with Crippen LogP contribution in [-0.2, 0) is 11.3 Å². The van der Waals surface area contributed by atoms with Crippen LogP contribution in [0.3, 0.4) is 0 Å². The molecule has 4 heterocycles. The van der Waals surface area contributed by atoms with E-state index in [0.717, 1.165) is 22.6 Å². The number of fused-ring (bicyclic) bond motifs is 3. The van der Waals surface area contributed by atoms with Crippen molar-refractivity contribution < 1.29 is 9.53 Å². The van der Waals surface area contributed by atoms with Crippen molar-refractivity contribution >= 4 is 11.6 Å². The maximum absolute atomic E-state index is 12.2. The lowest BCUT2D eigenvalue weighted by Crippen LogP contribution is -2.21. The highest BCUT2D eigenvalue weighted by Crippen LogP contribution is 2.36. The van der Waals surface area contributed by atoms with Crippen LogP contribution in [-0.4, -0.2) is 27.4 Å². The lowest BCUT2D eigenvalue weighted by Gasteiger charge is -2.17. The van der Waals surface area contributed by atoms with Crippen LogP contribution in [0.2, 0.25) is 0 Å². The van der Waals surface area contributed by atoms with Gasteiger partial charge in [-0.1, -0.05) is 12.1 Å². The average molecular weight is 308 g/mol. The van der Waals surface area contributed by atoms with E-state index < -0.39 is 0 Å². The number of carbonyl (C=O) groups excluding carboxylic acids is 1. The molecule has 0 saturated carbocycles. The number of rotatable bonds is 2. The topological polar surface area (TPSA) is 68.5 Å². The molecule has 0 bridgehead atoms. The molecule has 6 heteroatoms. The van der Waals surface area contributed by atoms with Gasteiger partial charge in [0.25, 0.3) is 0 Å². The lowest BCUT2D eigenvalue weighted by molar-refractivity contribution is -0.121. The summed E-state index contributed by atoms with van der Waals surface area (Å²) in [6.07, 6.45) is 4.01. The summed E-state index contributed by atoms with van der Waals surface area (Å²) < 4.78 is 7.45. The zero-order valence-corrected chi connectivity index (χ0v) is 12.7. The second kappa shape index (κ2) is 5.39. The second-order valence-corrected chi connectivity index (χ2v) is 5.51. The molecule has 1 atom stereocenters. The van der Waals surface area contributed by atoms with Crippen molar-refractivity contribution in [1.82, 2.24) is 19.7 Å². The van der Waals surface area contributed by atoms with Gasteiger partial charge in [0.1, 0.15) is 5.65 Å². The van der Waals surface area contributed by atoms with Crippen molar-refractivity contribution in [3.05, 3.63) is 59.7 Å². The van der Waals surface area contributed by atoms with Crippen LogP contribution in [0.25, 0.3) is 5.65 Å². The standard InChI is InChI=1S/C17H16N4O2/c1-23-17-11(5-4-7-18-17)12-9-15(22)19-10-13-16(12)21-8-3-2-6-14(21)20-13/h2-8,12H,9-10H2,1H3,(H,19,22). The van der Waals surface area contributed by atoms with E-state index in [4.69, 9.17) is 4.74 Å². The predicted molar refractivity (Wildman–Crippen MR) is 84.3 cm³/mol. The van der Waals surface area contributed by atoms with Crippen molar-refractivity contribution in [2.75, 3.05) is 7.11 Å². The molecule has 1 amide bonds. The molecule has 116 valence electrons. The van der Waals surface area contributed by atoms with Crippen molar-refractivity contribution in [3.8, 4) is 5.88 Å². The summed E-state index contributed by atoms with van der Waals surface area (Å²) in [7, 11) is 1.60. The van der Waals surface area contributed by atoms with Crippen molar-refractivity contribution in [2.24, 2.45) is 0 Å². The molecule has 23 heavy (non-hydrogen) atoms. The molecule has 4 rings (SSSR count). The maximum Gasteiger partial charge on any atom is 0.221 e. The number of methoxy groups -OCH3 is 1. The molecule has 0 aliphatic carbocycles. The SMILES string of the molecule is COc1ncccc1C1CC(=O)NCc2nc3ccccn3c21. The Balaban J connectivity index is 1.97. The van der Waals surface area contributed by atoms with Gasteiger partial charge in [0.15, 0.2) is 0 Å². The number of ether oxygens (including phenoxy) is 1. The van der Waals surface area contributed by atoms with E-state index in [1.54, 1.807) is 13.3 Å². The highest BCUT2D eigenvalue weighted by atomic mass is 16.5. The van der Waals surface area contributed by atoms with Gasteiger partial charge in [-0.15, -0.1) is 0 Å². The van der Waals surface area contributed by atoms with Gasteiger partial charge in [0.05, 0.1) is 25.0 Å². The maximum atomic E-state index is 12.2. The first-order valence-electron chi connectivity index (χ1n) is 7.49. The minimum Gasteiger partial charge on any atom is -0.481 e. The molecule has 6 nitrogen and oxygen atoms in total. The molecule has 0 saturated heterocycles. The third kappa shape index (κ3) is 2.23. The molecule has 0 spiro atoms. The third-order valence-electron chi connectivity index (χ3n) is 4.19. The van der Waals surface area contributed by atoms with Gasteiger partial charge in [0, 0.05) is 30.3 Å². The summed E-state index contributed by atoms with van der Waals surface area (Å²) >= 11 is 0. The molecule has 0 radical (unpaired) electrons. The highest BCUT2D eigenvalue weighted by molar-refractivity contribution is 5.78. The minimum absolute atomic E-state index is 0.00332. The zero-order chi connectivity index (χ0) is 15.8. The number of amides is 1. The van der Waals surface area contributed by atoms with E-state index in [2.05, 4.69) is 15.3 Å². The summed E-state index contributed by atoms with van der Waals surface area (Å²) in [5.41, 5.74) is 3.68. The van der Waals surface area contributed by atoms with E-state index in [-0.39, 0.29) is 11.8 Å². The molecule has 3 aromatic heterocycles. The smallest absolute Gasteiger partial charge is 0.221 e. The first kappa shape index (κ1) is 13.8. The van der Waals surface area contributed by atoms with Crippen molar-refractivity contribution in [3.63, 3.8) is 0 Å². The van der Waals surface area contributed by atoms with Crippen LogP contribution in [0, 0.1) is 0 Å². The Bertz CT molecular complexity index is 887. The number of hydrogen-bond donors (Lipinski definition) is 1. The molecule has 0 fully saturated rings. The van der Waals surface area contributed by atoms with Gasteiger partial charge < -0.3 is 14.5 Å². The highest BCUT2D eigenvalue weighted by Gasteiger charge is 2.30. The van der Waals surface area contributed by atoms with Crippen LogP contribution < -0.4 is 10.1 Å². The van der Waals surface area contributed by atoms with E-state index in [1.165, 1.54) is 0 Å². The van der Waals surface area contributed by atoms with Crippen LogP contribution in [0.1, 0.15) is 29.3 Å². The Morgan fingerprint density at radius 2 is 2.22 bits per heavy atom. The van der Waals surface area contributed by atoms with E-state index >= 15 is 0 Å². The molecular weight excluding hydrogens is 292 g/mol. The molecule has 1 aliphatic heterocycles. The van der Waals surface area contributed by atoms with Gasteiger partial charge >= 0.3 is 0 Å². The number of carbonyl (C=O) groups is 1. The number of imidazole rings is 1. The third-order valence-corrected chi connectivity index (χ3v) is 4.19. The van der Waals surface area contributed by atoms with Crippen molar-refractivity contribution in [2.45, 2.75) is 18.9 Å². The van der Waals surface area contributed by atoms with Gasteiger partial charge in [-0.05, 0) is 18.2 Å². The van der Waals surface area contributed by atoms with Gasteiger partial charge in [-0.25, -0.2) is 9.97 Å². The lowest BCUT2D eigenvalue weighted by atomic mass is 9.92. The number of aromatic nitrogens is 3. The minimum atomic E-state index is -0.145. The van der Waals surface area contributed by atoms with E-state index in [0.29, 0.717) is 18.8 Å². The van der Waals surface area contributed by atoms with Crippen LogP contribution in [0.5, 0.6) is 5.88 Å². The largest absolute Gasteiger partial charge is 0.481 e. The summed E-state index contributed by atoms with van der Waals surface area (Å²) in [6.45, 7) is 0.439. The van der Waals surface area contributed by atoms with Crippen molar-refractivity contribution in [1.29, 1.82) is 0 Å². The number of hydrogen-bond acceptors (Lipinski definition) is 4. The molecule has 1 aliphatic rings. The normalized spacial score (nSPS) is 17.4. The Morgan fingerprint density at radius 1 is 1.30 bits per heavy atom. The second-order valence-electron chi connectivity index (χ2n) is 5.51. The summed E-state index contributed by atoms with van der Waals surface area (Å²) in [5, 5.41) is 2.92. The Kier molecular flexibility index (Phi) is 3.22. The molecule has 1 unspecified atom stereocenters. The summed E-state index contributed by atoms with van der Waals surface area (Å²) in [4.78, 5) is 21.1. The Labute approximate surface area is 133 Å². The first-order valence-corrected chi connectivity index (χ1v) is 7.49. The van der Waals surface area contributed by atoms with Crippen LogP contribution in [0.15, 0.2) is 42.7 Å². The fourth-order valence-corrected chi connectivity index (χ4v) is 3.20. The monoisotopic (exact) mass is 308 g/mol. The average Bonchev–Trinajstić information content (AvgIpc) is 2.88. The number of pyridine rings is 2. The van der Waals surface area contributed by atoms with E-state index in [9.17, 15) is 4.79 Å². The van der Waals surface area contributed by atoms with Gasteiger partial charge in [-0.3, -0.25) is 4.79 Å². The molecule has 0 aromatic carbocycles. The summed E-state index contributed by atoms with van der Waals surface area (Å²) in [6, 6.07) is 9.71. The van der Waals surface area contributed by atoms with E-state index in [1.807, 2.05) is 40.9 Å². The fourth-order valence-electron chi connectivity index (χ4n) is 3.20. The van der Waals surface area contributed by atoms with Crippen LogP contribution >= 0.6 is 0 Å². The summed E-state index contributed by atoms with van der Waals surface area (Å²) in [5.74, 6) is 0.404. The Morgan fingerprint density at radius 3 is 3.09 bits per heavy atom. The van der Waals surface area contributed by atoms with Gasteiger partial charge in [-0.2, -0.15) is 0 Å². The quantitative estimate of drug-likeness (QED) is 0.785. The fraction of sp³-hybridized carbons (Fsp3) is 0.235. The first-order chi connectivity index (χ1) is 11.3. The van der Waals surface area contributed by atoms with Gasteiger partial charge in [0.2, 0.25) is 11.8 Å². The molecular formula is C17H16N4O2. The molecule has 1 N–H and O–H groups in total. The number of nitrogens with zero attached hydrogens (tertiary/aromatic N) is 3. The number of nitrogens with one attached hydrogen (secondary N) is 1. The van der Waals surface area contributed by atoms with Crippen LogP contribution in [0.4, 0.5) is 0 Å². The predicted octanol–water partition coefficient (Wildman–Crippen LogP) is 1.89.